The minimum absolute atomic E-state index is 0. The van der Waals surface area contributed by atoms with Crippen LogP contribution in [0.2, 0.25) is 0 Å². The molecule has 9 heteroatoms. The summed E-state index contributed by atoms with van der Waals surface area (Å²) in [5.74, 6) is 0. The van der Waals surface area contributed by atoms with Crippen LogP contribution in [0.1, 0.15) is 0 Å². The average Bonchev–Trinajstić information content (AvgIpc) is 2.03. The Balaban J connectivity index is -0.00000000762. The van der Waals surface area contributed by atoms with Gasteiger partial charge in [-0.15, -0.1) is 0 Å². The second kappa shape index (κ2) is 202. The van der Waals surface area contributed by atoms with E-state index in [0.29, 0.717) is 0 Å². The Kier molecular flexibility index (Phi) is 688. The Labute approximate surface area is 94.9 Å². The van der Waals surface area contributed by atoms with Crippen LogP contribution in [-0.4, -0.2) is 48.2 Å². The molecule has 9 heavy (non-hydrogen) atoms. The standard InChI is InChI=1S/4ClHO.Na.H/c4*1-2;;/h4*2H;;. The summed E-state index contributed by atoms with van der Waals surface area (Å²) in [6.07, 6.45) is 0. The summed E-state index contributed by atoms with van der Waals surface area (Å²) in [5.41, 5.74) is 0. The van der Waals surface area contributed by atoms with Gasteiger partial charge in [-0.1, -0.05) is 0 Å². The molecule has 0 aliphatic rings. The zero-order valence-electron chi connectivity index (χ0n) is 3.30. The Morgan fingerprint density at radius 3 is 0.444 bits per heavy atom. The zero-order valence-corrected chi connectivity index (χ0v) is 6.32. The molecule has 0 atom stereocenters. The molecule has 0 aliphatic heterocycles. The first-order chi connectivity index (χ1) is 4.00. The number of rotatable bonds is 0. The van der Waals surface area contributed by atoms with Crippen LogP contribution < -0.4 is 0 Å². The quantitative estimate of drug-likeness (QED) is 0.440. The van der Waals surface area contributed by atoms with Crippen LogP contribution in [-0.2, 0) is 0 Å². The van der Waals surface area contributed by atoms with E-state index in [1.807, 2.05) is 0 Å². The van der Waals surface area contributed by atoms with Crippen LogP contribution in [0.4, 0.5) is 0 Å². The normalized spacial score (nSPS) is 2.67. The molecule has 0 amide bonds. The van der Waals surface area contributed by atoms with Gasteiger partial charge in [0.15, 0.2) is 0 Å². The molecule has 0 radical (unpaired) electrons. The molecule has 4 nitrogen and oxygen atoms in total. The van der Waals surface area contributed by atoms with E-state index in [9.17, 15) is 0 Å². The topological polar surface area (TPSA) is 80.9 Å². The molecule has 0 spiro atoms. The van der Waals surface area contributed by atoms with E-state index in [1.54, 1.807) is 0 Å². The Hall–Kier alpha value is 2.00. The third kappa shape index (κ3) is 160. The molecule has 58 valence electrons. The van der Waals surface area contributed by atoms with Crippen LogP contribution in [0, 0.1) is 0 Å². The fourth-order valence-electron chi connectivity index (χ4n) is 0. The van der Waals surface area contributed by atoms with Gasteiger partial charge in [0, 0.05) is 0 Å². The van der Waals surface area contributed by atoms with Crippen molar-refractivity contribution in [1.29, 1.82) is 0 Å². The Morgan fingerprint density at radius 2 is 0.444 bits per heavy atom. The first kappa shape index (κ1) is 30.6. The van der Waals surface area contributed by atoms with E-state index in [2.05, 4.69) is 47.5 Å². The predicted molar refractivity (Wildman–Crippen MR) is 39.4 cm³/mol. The summed E-state index contributed by atoms with van der Waals surface area (Å²) in [6, 6.07) is 0. The number of halogens is 4. The molecule has 0 aromatic carbocycles. The fraction of sp³-hybridized carbons (Fsp3) is 0. The van der Waals surface area contributed by atoms with Crippen molar-refractivity contribution in [2.45, 2.75) is 0 Å². The SMILES string of the molecule is OCl.OCl.OCl.OCl.[NaH]. The van der Waals surface area contributed by atoms with E-state index in [4.69, 9.17) is 18.6 Å². The van der Waals surface area contributed by atoms with E-state index in [0.717, 1.165) is 0 Å². The summed E-state index contributed by atoms with van der Waals surface area (Å²) in [5, 5.41) is 0. The van der Waals surface area contributed by atoms with Crippen LogP contribution in [0.5, 0.6) is 0 Å². The number of hydrogen-bond donors (Lipinski definition) is 4. The van der Waals surface area contributed by atoms with Crippen LogP contribution in [0.15, 0.2) is 0 Å². The van der Waals surface area contributed by atoms with Crippen molar-refractivity contribution in [1.82, 2.24) is 0 Å². The molecule has 0 fully saturated rings. The molecule has 0 saturated carbocycles. The molecule has 0 aliphatic carbocycles. The fourth-order valence-corrected chi connectivity index (χ4v) is 0. The number of hydrogen-bond acceptors (Lipinski definition) is 4. The van der Waals surface area contributed by atoms with Crippen molar-refractivity contribution in [3.8, 4) is 0 Å². The maximum atomic E-state index is 6.47. The van der Waals surface area contributed by atoms with Crippen molar-refractivity contribution in [3.63, 3.8) is 0 Å². The van der Waals surface area contributed by atoms with E-state index in [-0.39, 0.29) is 29.6 Å². The molecular formula is H5Cl4NaO4. The zero-order chi connectivity index (χ0) is 8.00. The van der Waals surface area contributed by atoms with Gasteiger partial charge in [0.25, 0.3) is 0 Å². The van der Waals surface area contributed by atoms with E-state index < -0.39 is 0 Å². The summed E-state index contributed by atoms with van der Waals surface area (Å²) in [7, 11) is 0. The molecule has 0 rings (SSSR count). The van der Waals surface area contributed by atoms with Gasteiger partial charge in [-0.2, -0.15) is 0 Å². The third-order valence-corrected chi connectivity index (χ3v) is 0. The molecule has 0 aromatic heterocycles. The van der Waals surface area contributed by atoms with E-state index >= 15 is 0 Å². The van der Waals surface area contributed by atoms with Gasteiger partial charge in [-0.05, 0) is 0 Å². The van der Waals surface area contributed by atoms with Crippen molar-refractivity contribution >= 4 is 77.0 Å². The minimum atomic E-state index is 0. The summed E-state index contributed by atoms with van der Waals surface area (Å²) in [6.45, 7) is 0. The van der Waals surface area contributed by atoms with Gasteiger partial charge in [-0.25, -0.2) is 0 Å². The third-order valence-electron chi connectivity index (χ3n) is 0. The van der Waals surface area contributed by atoms with Gasteiger partial charge in [-0.3, -0.25) is 18.6 Å². The summed E-state index contributed by atoms with van der Waals surface area (Å²) < 4.78 is 25.9. The summed E-state index contributed by atoms with van der Waals surface area (Å²) in [4.78, 5) is 0. The van der Waals surface area contributed by atoms with Crippen molar-refractivity contribution in [2.75, 3.05) is 0 Å². The molecule has 0 bridgehead atoms. The monoisotopic (exact) mass is 232 g/mol. The molecule has 0 aromatic rings. The van der Waals surface area contributed by atoms with Crippen LogP contribution in [0.25, 0.3) is 0 Å². The van der Waals surface area contributed by atoms with Gasteiger partial charge < -0.3 is 0 Å². The molecule has 0 saturated heterocycles. The van der Waals surface area contributed by atoms with Gasteiger partial charge in [0.1, 0.15) is 0 Å². The van der Waals surface area contributed by atoms with Gasteiger partial charge >= 0.3 is 29.6 Å². The van der Waals surface area contributed by atoms with E-state index in [1.165, 1.54) is 0 Å². The second-order valence-electron chi connectivity index (χ2n) is 0. The first-order valence-corrected chi connectivity index (χ1v) is 2.03. The van der Waals surface area contributed by atoms with Crippen molar-refractivity contribution < 1.29 is 18.6 Å². The van der Waals surface area contributed by atoms with Crippen molar-refractivity contribution in [2.24, 2.45) is 0 Å². The molecule has 0 heterocycles. The average molecular weight is 234 g/mol. The Morgan fingerprint density at radius 1 is 0.444 bits per heavy atom. The maximum absolute atomic E-state index is 6.47. The molecule has 0 unspecified atom stereocenters. The van der Waals surface area contributed by atoms with Crippen LogP contribution in [0.3, 0.4) is 0 Å². The predicted octanol–water partition coefficient (Wildman–Crippen LogP) is -0.119. The first-order valence-electron chi connectivity index (χ1n) is 0.676. The molecule has 4 N–H and O–H groups in total. The second-order valence-corrected chi connectivity index (χ2v) is 0. The van der Waals surface area contributed by atoms with Gasteiger partial charge in [0.05, 0.1) is 47.5 Å². The van der Waals surface area contributed by atoms with Crippen molar-refractivity contribution in [3.05, 3.63) is 0 Å². The van der Waals surface area contributed by atoms with Gasteiger partial charge in [0.2, 0.25) is 0 Å². The Bertz CT molecular complexity index is 12.5. The molecular weight excluding hydrogens is 229 g/mol. The van der Waals surface area contributed by atoms with Crippen LogP contribution >= 0.6 is 47.5 Å². The summed E-state index contributed by atoms with van der Waals surface area (Å²) >= 11 is 14.6.